The van der Waals surface area contributed by atoms with Gasteiger partial charge in [-0.15, -0.1) is 5.10 Å². The largest absolute Gasteiger partial charge is 0.439 e. The normalized spacial score (nSPS) is 15.4. The molecule has 0 radical (unpaired) electrons. The van der Waals surface area contributed by atoms with E-state index < -0.39 is 5.72 Å². The van der Waals surface area contributed by atoms with Crippen LogP contribution in [0.2, 0.25) is 0 Å². The molecule has 0 unspecified atom stereocenters. The maximum atomic E-state index is 7.46. The summed E-state index contributed by atoms with van der Waals surface area (Å²) >= 11 is 0. The molecule has 1 aliphatic heterocycles. The van der Waals surface area contributed by atoms with Crippen molar-refractivity contribution >= 4 is 33.9 Å². The monoisotopic (exact) mass is 578 g/mol. The summed E-state index contributed by atoms with van der Waals surface area (Å²) in [6.07, 6.45) is 0. The molecular formula is C42H30N2O. The lowest BCUT2D eigenvalue weighted by Gasteiger charge is -2.38. The maximum absolute atomic E-state index is 7.46. The van der Waals surface area contributed by atoms with Crippen molar-refractivity contribution in [2.24, 2.45) is 5.10 Å². The summed E-state index contributed by atoms with van der Waals surface area (Å²) in [6.45, 7) is 0. The Bertz CT molecular complexity index is 1940. The van der Waals surface area contributed by atoms with E-state index in [4.69, 9.17) is 9.84 Å². The first-order chi connectivity index (χ1) is 22.3. The first-order valence-corrected chi connectivity index (χ1v) is 15.2. The van der Waals surface area contributed by atoms with Gasteiger partial charge in [0.1, 0.15) is 0 Å². The molecule has 1 heterocycles. The van der Waals surface area contributed by atoms with Crippen LogP contribution in [0.3, 0.4) is 0 Å². The number of hydrogen-bond acceptors (Lipinski definition) is 3. The second-order valence-corrected chi connectivity index (χ2v) is 11.1. The van der Waals surface area contributed by atoms with Crippen molar-refractivity contribution in [2.45, 2.75) is 5.72 Å². The predicted octanol–water partition coefficient (Wildman–Crippen LogP) is 9.82. The van der Waals surface area contributed by atoms with Crippen LogP contribution in [0.1, 0.15) is 27.8 Å². The Kier molecular flexibility index (Phi) is 6.69. The van der Waals surface area contributed by atoms with Crippen LogP contribution in [0.5, 0.6) is 0 Å². The molecule has 3 heteroatoms. The molecule has 2 aliphatic rings. The zero-order chi connectivity index (χ0) is 30.1. The third-order valence-electron chi connectivity index (χ3n) is 8.43. The Morgan fingerprint density at radius 1 is 0.378 bits per heavy atom. The molecule has 6 aromatic rings. The number of para-hydroxylation sites is 1. The fourth-order valence-electron chi connectivity index (χ4n) is 6.58. The lowest BCUT2D eigenvalue weighted by atomic mass is 9.87. The Balaban J connectivity index is 1.56. The first-order valence-electron chi connectivity index (χ1n) is 15.2. The van der Waals surface area contributed by atoms with E-state index in [1.54, 1.807) is 0 Å². The summed E-state index contributed by atoms with van der Waals surface area (Å²) in [5.74, 6) is 0.572. The molecular weight excluding hydrogens is 548 g/mol. The van der Waals surface area contributed by atoms with Crippen LogP contribution in [0.25, 0.3) is 22.3 Å². The number of nitrogens with zero attached hydrogens (tertiary/aromatic N) is 2. The number of hydrogen-bond donors (Lipinski definition) is 0. The van der Waals surface area contributed by atoms with Crippen molar-refractivity contribution in [2.75, 3.05) is 5.01 Å². The van der Waals surface area contributed by atoms with E-state index in [0.29, 0.717) is 5.90 Å². The molecule has 0 bridgehead atoms. The molecule has 0 atom stereocenters. The molecule has 3 nitrogen and oxygen atoms in total. The topological polar surface area (TPSA) is 24.8 Å². The van der Waals surface area contributed by atoms with Crippen molar-refractivity contribution in [1.82, 2.24) is 0 Å². The lowest BCUT2D eigenvalue weighted by Crippen LogP contribution is -2.46. The minimum absolute atomic E-state index is 0.572. The van der Waals surface area contributed by atoms with E-state index in [2.05, 4.69) is 163 Å². The standard InChI is InChI=1S/C42H30N2O/c1-7-19-31(20-8-1)37-38(32-21-9-2-10-22-32)40(34-25-13-4-14-26-34)42(39(37)33-23-11-3-12-24-33)44(36-29-17-6-18-30-36)43-41(45-42)35-27-15-5-16-28-35/h1-30H. The van der Waals surface area contributed by atoms with E-state index in [0.717, 1.165) is 55.8 Å². The van der Waals surface area contributed by atoms with Gasteiger partial charge in [-0.2, -0.15) is 0 Å². The molecule has 1 spiro atoms. The molecule has 0 N–H and O–H groups in total. The van der Waals surface area contributed by atoms with Crippen LogP contribution in [0, 0.1) is 0 Å². The molecule has 6 aromatic carbocycles. The fourth-order valence-corrected chi connectivity index (χ4v) is 6.58. The van der Waals surface area contributed by atoms with Gasteiger partial charge in [-0.1, -0.05) is 158 Å². The SMILES string of the molecule is c1ccc(C2=NN(c3ccccc3)C3(O2)C(c2ccccc2)=C(c2ccccc2)C(c2ccccc2)=C3c2ccccc2)cc1. The van der Waals surface area contributed by atoms with Gasteiger partial charge in [0, 0.05) is 27.9 Å². The highest BCUT2D eigenvalue weighted by molar-refractivity contribution is 6.32. The molecule has 8 rings (SSSR count). The van der Waals surface area contributed by atoms with Gasteiger partial charge >= 0.3 is 0 Å². The van der Waals surface area contributed by atoms with Gasteiger partial charge < -0.3 is 4.74 Å². The maximum Gasteiger partial charge on any atom is 0.258 e. The van der Waals surface area contributed by atoms with Gasteiger partial charge in [0.15, 0.2) is 0 Å². The van der Waals surface area contributed by atoms with Crippen LogP contribution in [-0.2, 0) is 4.74 Å². The van der Waals surface area contributed by atoms with E-state index in [1.807, 2.05) is 24.3 Å². The van der Waals surface area contributed by atoms with Crippen LogP contribution in [0.15, 0.2) is 187 Å². The number of anilines is 1. The Labute approximate surface area is 263 Å². The van der Waals surface area contributed by atoms with Gasteiger partial charge in [0.2, 0.25) is 5.90 Å². The van der Waals surface area contributed by atoms with Crippen molar-refractivity contribution in [1.29, 1.82) is 0 Å². The number of ether oxygens (including phenoxy) is 1. The number of hydrazone groups is 1. The average molecular weight is 579 g/mol. The Hall–Kier alpha value is -5.93. The summed E-state index contributed by atoms with van der Waals surface area (Å²) in [5.41, 5.74) is 9.44. The van der Waals surface area contributed by atoms with Gasteiger partial charge in [-0.3, -0.25) is 0 Å². The van der Waals surface area contributed by atoms with Crippen LogP contribution in [-0.4, -0.2) is 11.6 Å². The molecule has 214 valence electrons. The second-order valence-electron chi connectivity index (χ2n) is 11.1. The second kappa shape index (κ2) is 11.3. The fraction of sp³-hybridized carbons (Fsp3) is 0.0238. The summed E-state index contributed by atoms with van der Waals surface area (Å²) in [5, 5.41) is 7.43. The summed E-state index contributed by atoms with van der Waals surface area (Å²) in [6, 6.07) is 63.2. The third-order valence-corrected chi connectivity index (χ3v) is 8.43. The molecule has 0 saturated carbocycles. The van der Waals surface area contributed by atoms with Crippen molar-refractivity contribution in [3.63, 3.8) is 0 Å². The molecule has 0 aromatic heterocycles. The molecule has 0 saturated heterocycles. The minimum Gasteiger partial charge on any atom is -0.439 e. The highest BCUT2D eigenvalue weighted by atomic mass is 16.6. The summed E-state index contributed by atoms with van der Waals surface area (Å²) in [7, 11) is 0. The van der Waals surface area contributed by atoms with Gasteiger partial charge in [0.05, 0.1) is 5.69 Å². The van der Waals surface area contributed by atoms with Gasteiger partial charge in [0.25, 0.3) is 5.72 Å². The number of benzene rings is 6. The molecule has 1 aliphatic carbocycles. The lowest BCUT2D eigenvalue weighted by molar-refractivity contribution is 0.205. The quantitative estimate of drug-likeness (QED) is 0.197. The highest BCUT2D eigenvalue weighted by Crippen LogP contribution is 2.61. The summed E-state index contributed by atoms with van der Waals surface area (Å²) in [4.78, 5) is 0. The average Bonchev–Trinajstić information content (AvgIpc) is 3.67. The zero-order valence-electron chi connectivity index (χ0n) is 24.6. The smallest absolute Gasteiger partial charge is 0.258 e. The third kappa shape index (κ3) is 4.49. The molecule has 45 heavy (non-hydrogen) atoms. The van der Waals surface area contributed by atoms with E-state index >= 15 is 0 Å². The predicted molar refractivity (Wildman–Crippen MR) is 185 cm³/mol. The molecule has 0 amide bonds. The van der Waals surface area contributed by atoms with Crippen molar-refractivity contribution in [3.05, 3.63) is 210 Å². The Morgan fingerprint density at radius 3 is 1.11 bits per heavy atom. The van der Waals surface area contributed by atoms with Gasteiger partial charge in [-0.05, 0) is 46.5 Å². The van der Waals surface area contributed by atoms with Crippen molar-refractivity contribution < 1.29 is 4.74 Å². The highest BCUT2D eigenvalue weighted by Gasteiger charge is 2.59. The number of allylic oxidation sites excluding steroid dienone is 2. The number of rotatable bonds is 6. The van der Waals surface area contributed by atoms with Crippen LogP contribution in [0.4, 0.5) is 5.69 Å². The van der Waals surface area contributed by atoms with Crippen molar-refractivity contribution in [3.8, 4) is 0 Å². The van der Waals surface area contributed by atoms with Gasteiger partial charge in [-0.25, -0.2) is 5.01 Å². The zero-order valence-corrected chi connectivity index (χ0v) is 24.6. The molecule has 0 fully saturated rings. The van der Waals surface area contributed by atoms with E-state index in [1.165, 1.54) is 0 Å². The van der Waals surface area contributed by atoms with Crippen LogP contribution >= 0.6 is 0 Å². The Morgan fingerprint density at radius 2 is 0.711 bits per heavy atom. The van der Waals surface area contributed by atoms with E-state index in [9.17, 15) is 0 Å². The minimum atomic E-state index is -1.13. The van der Waals surface area contributed by atoms with E-state index in [-0.39, 0.29) is 0 Å². The van der Waals surface area contributed by atoms with Crippen LogP contribution < -0.4 is 5.01 Å². The summed E-state index contributed by atoms with van der Waals surface area (Å²) < 4.78 is 7.46. The first kappa shape index (κ1) is 26.7.